The molecule has 14 nitrogen and oxygen atoms in total. The fourth-order valence-corrected chi connectivity index (χ4v) is 16.1. The first-order chi connectivity index (χ1) is 32.6. The lowest BCUT2D eigenvalue weighted by molar-refractivity contribution is -0.340. The van der Waals surface area contributed by atoms with E-state index in [9.17, 15) is 29.4 Å². The second kappa shape index (κ2) is 20.1. The molecule has 4 N–H and O–H groups in total. The topological polar surface area (TPSA) is 196 Å². The van der Waals surface area contributed by atoms with E-state index in [2.05, 4.69) is 31.4 Å². The molecule has 1 heterocycles. The summed E-state index contributed by atoms with van der Waals surface area (Å²) in [5.41, 5.74) is -4.65. The predicted molar refractivity (Wildman–Crippen MR) is 263 cm³/mol. The first-order valence-corrected chi connectivity index (χ1v) is 29.2. The average molecular weight is 982 g/mol. The molecule has 0 aromatic heterocycles. The van der Waals surface area contributed by atoms with Gasteiger partial charge >= 0.3 is 11.9 Å². The van der Waals surface area contributed by atoms with Crippen molar-refractivity contribution >= 4 is 46.9 Å². The molecule has 3 aromatic rings. The van der Waals surface area contributed by atoms with Crippen molar-refractivity contribution in [2.75, 3.05) is 6.61 Å². The lowest BCUT2D eigenvalue weighted by Gasteiger charge is -2.69. The summed E-state index contributed by atoms with van der Waals surface area (Å²) in [6, 6.07) is 25.5. The standard InChI is InChI=1S/C53H69N2O12Si2/c1-11-69(12-2,13-3)66-38-29-39-52(62,31-63-39)44-46(65-49(61)36-27-21-16-22-28-36)53(67-68(9)10)30-37(32(4)40(50(53,6)7)43(64-33(5)56)45(58)51(38,44)8)54-48(60)42(57)41(34-23-17-14-18-24-34)55-47(59)35-25-19-15-20-26-35/h14-28,37-39,41-44,46,57,62H,11-13,29-31H2,1-10H3,(H,54,60)(H,55,59)/t37-,38-,39+,41-,42+,43+,44-,46-,51+,52-,53+/m0/s1. The monoisotopic (exact) mass is 981 g/mol. The highest BCUT2D eigenvalue weighted by atomic mass is 28.4. The van der Waals surface area contributed by atoms with Crippen molar-refractivity contribution in [2.24, 2.45) is 16.7 Å². The van der Waals surface area contributed by atoms with Crippen molar-refractivity contribution < 1.29 is 57.2 Å². The minimum atomic E-state index is -2.56. The smallest absolute Gasteiger partial charge is 0.338 e. The Kier molecular flexibility index (Phi) is 15.2. The Labute approximate surface area is 408 Å². The molecule has 11 atom stereocenters. The number of hydrogen-bond donors (Lipinski definition) is 4. The summed E-state index contributed by atoms with van der Waals surface area (Å²) in [7, 11) is -4.40. The third-order valence-electron chi connectivity index (χ3n) is 16.0. The molecule has 1 aliphatic heterocycles. The molecule has 3 aliphatic carbocycles. The second-order valence-electron chi connectivity index (χ2n) is 20.2. The van der Waals surface area contributed by atoms with E-state index in [1.807, 2.05) is 26.9 Å². The normalized spacial score (nSPS) is 30.3. The van der Waals surface area contributed by atoms with Crippen molar-refractivity contribution in [1.29, 1.82) is 0 Å². The molecule has 1 saturated heterocycles. The molecule has 69 heavy (non-hydrogen) atoms. The highest BCUT2D eigenvalue weighted by molar-refractivity contribution is 6.73. The Hall–Kier alpha value is -4.82. The van der Waals surface area contributed by atoms with Crippen LogP contribution in [0.5, 0.6) is 0 Å². The van der Waals surface area contributed by atoms with Crippen LogP contribution in [0.15, 0.2) is 102 Å². The molecule has 3 aromatic carbocycles. The number of fused-ring (bicyclic) bond motifs is 5. The molecule has 7 rings (SSSR count). The highest BCUT2D eigenvalue weighted by Crippen LogP contribution is 2.65. The zero-order chi connectivity index (χ0) is 50.3. The molecule has 3 fully saturated rings. The minimum absolute atomic E-state index is 0.0823. The van der Waals surface area contributed by atoms with Gasteiger partial charge in [0, 0.05) is 36.7 Å². The number of ether oxygens (including phenoxy) is 3. The van der Waals surface area contributed by atoms with Gasteiger partial charge in [-0.2, -0.15) is 0 Å². The lowest BCUT2D eigenvalue weighted by atomic mass is 9.44. The van der Waals surface area contributed by atoms with Crippen molar-refractivity contribution in [1.82, 2.24) is 10.6 Å². The molecule has 1 radical (unpaired) electrons. The van der Waals surface area contributed by atoms with Crippen LogP contribution in [-0.2, 0) is 37.4 Å². The maximum Gasteiger partial charge on any atom is 0.338 e. The number of nitrogens with one attached hydrogen (secondary N) is 2. The molecule has 2 saturated carbocycles. The van der Waals surface area contributed by atoms with Gasteiger partial charge in [0.05, 0.1) is 41.9 Å². The maximum atomic E-state index is 16.4. The van der Waals surface area contributed by atoms with Gasteiger partial charge in [0.1, 0.15) is 17.3 Å². The Morgan fingerprint density at radius 1 is 0.870 bits per heavy atom. The quantitative estimate of drug-likeness (QED) is 0.0651. The zero-order valence-electron chi connectivity index (χ0n) is 41.5. The van der Waals surface area contributed by atoms with Crippen LogP contribution in [0.1, 0.15) is 101 Å². The molecule has 0 unspecified atom stereocenters. The Balaban J connectivity index is 1.46. The van der Waals surface area contributed by atoms with Gasteiger partial charge in [-0.15, -0.1) is 0 Å². The minimum Gasteiger partial charge on any atom is -0.455 e. The summed E-state index contributed by atoms with van der Waals surface area (Å²) in [5, 5.41) is 31.3. The van der Waals surface area contributed by atoms with Crippen LogP contribution in [0.2, 0.25) is 31.2 Å². The molecule has 2 bridgehead atoms. The van der Waals surface area contributed by atoms with Crippen LogP contribution < -0.4 is 10.6 Å². The SMILES string of the molecule is CC[Si](CC)(CC)O[C@H]1C[C@H]2OC[C@@]2(O)[C@H]2[C@H](OC(=O)c3ccccc3)[C@]3(O[Si](C)C)C[C@H](NC(=O)[C@H](O)[C@@H](NC(=O)c4ccccc4)c4ccccc4)C(C)=C([C@@H](OC(C)=O)C(=O)[C@]12C)C3(C)C. The van der Waals surface area contributed by atoms with Gasteiger partial charge in [-0.3, -0.25) is 19.2 Å². The number of ketones is 1. The van der Waals surface area contributed by atoms with Crippen molar-refractivity contribution in [2.45, 2.75) is 153 Å². The number of amides is 2. The predicted octanol–water partition coefficient (Wildman–Crippen LogP) is 7.04. The lowest BCUT2D eigenvalue weighted by Crippen LogP contribution is -2.82. The van der Waals surface area contributed by atoms with Gasteiger partial charge in [0.15, 0.2) is 26.3 Å². The van der Waals surface area contributed by atoms with E-state index in [1.165, 1.54) is 6.92 Å². The number of benzene rings is 3. The fraction of sp³-hybridized carbons (Fsp3) is 0.528. The van der Waals surface area contributed by atoms with E-state index < -0.39 is 117 Å². The third kappa shape index (κ3) is 9.22. The van der Waals surface area contributed by atoms with E-state index in [0.29, 0.717) is 22.3 Å². The number of carbonyl (C=O) groups excluding carboxylic acids is 5. The summed E-state index contributed by atoms with van der Waals surface area (Å²) in [6.07, 6.45) is -6.48. The van der Waals surface area contributed by atoms with Crippen LogP contribution in [-0.4, -0.2) is 111 Å². The summed E-state index contributed by atoms with van der Waals surface area (Å²) >= 11 is 0. The summed E-state index contributed by atoms with van der Waals surface area (Å²) in [4.78, 5) is 73.2. The van der Waals surface area contributed by atoms with E-state index in [4.69, 9.17) is 23.1 Å². The maximum absolute atomic E-state index is 16.4. The number of rotatable bonds is 16. The van der Waals surface area contributed by atoms with Crippen LogP contribution in [0.4, 0.5) is 0 Å². The van der Waals surface area contributed by atoms with Gasteiger partial charge in [-0.25, -0.2) is 4.79 Å². The number of Topliss-reactive ketones (excluding diaryl/α,β-unsaturated/α-hetero) is 1. The van der Waals surface area contributed by atoms with E-state index in [1.54, 1.807) is 105 Å². The summed E-state index contributed by atoms with van der Waals surface area (Å²) in [5.74, 6) is -4.65. The number of esters is 2. The number of aliphatic hydroxyl groups excluding tert-OH is 1. The number of hydrogen-bond acceptors (Lipinski definition) is 12. The van der Waals surface area contributed by atoms with Crippen molar-refractivity contribution in [3.8, 4) is 0 Å². The second-order valence-corrected chi connectivity index (χ2v) is 27.0. The Morgan fingerprint density at radius 3 is 1.96 bits per heavy atom. The van der Waals surface area contributed by atoms with Gasteiger partial charge in [-0.05, 0) is 86.0 Å². The number of aliphatic hydroxyl groups is 2. The van der Waals surface area contributed by atoms with Crippen LogP contribution in [0, 0.1) is 16.7 Å². The highest BCUT2D eigenvalue weighted by Gasteiger charge is 2.78. The zero-order valence-corrected chi connectivity index (χ0v) is 43.5. The molecule has 16 heteroatoms. The van der Waals surface area contributed by atoms with Gasteiger partial charge in [0.2, 0.25) is 9.04 Å². The molecule has 371 valence electrons. The van der Waals surface area contributed by atoms with E-state index in [-0.39, 0.29) is 25.0 Å². The molecular formula is C53H69N2O12Si2. The van der Waals surface area contributed by atoms with E-state index in [0.717, 1.165) is 18.1 Å². The van der Waals surface area contributed by atoms with Crippen molar-refractivity contribution in [3.63, 3.8) is 0 Å². The Morgan fingerprint density at radius 2 is 1.43 bits per heavy atom. The largest absolute Gasteiger partial charge is 0.455 e. The van der Waals surface area contributed by atoms with Crippen LogP contribution >= 0.6 is 0 Å². The first-order valence-electron chi connectivity index (χ1n) is 24.2. The Bertz CT molecular complexity index is 2410. The molecule has 0 spiro atoms. The van der Waals surface area contributed by atoms with E-state index >= 15 is 4.79 Å². The van der Waals surface area contributed by atoms with Crippen LogP contribution in [0.25, 0.3) is 0 Å². The molecule has 2 amide bonds. The fourth-order valence-electron chi connectivity index (χ4n) is 11.9. The van der Waals surface area contributed by atoms with Crippen molar-refractivity contribution in [3.05, 3.63) is 119 Å². The third-order valence-corrected chi connectivity index (χ3v) is 21.4. The average Bonchev–Trinajstić information content (AvgIpc) is 3.33. The number of carbonyl (C=O) groups is 5. The molecule has 4 aliphatic rings. The van der Waals surface area contributed by atoms with Gasteiger partial charge in [-0.1, -0.05) is 101 Å². The first kappa shape index (κ1) is 52.0. The summed E-state index contributed by atoms with van der Waals surface area (Å²) < 4.78 is 34.2. The van der Waals surface area contributed by atoms with Gasteiger partial charge < -0.3 is 43.9 Å². The summed E-state index contributed by atoms with van der Waals surface area (Å²) in [6.45, 7) is 18.4. The molecular weight excluding hydrogens is 913 g/mol. The van der Waals surface area contributed by atoms with Crippen LogP contribution in [0.3, 0.4) is 0 Å². The van der Waals surface area contributed by atoms with Gasteiger partial charge in [0.25, 0.3) is 11.8 Å².